The highest BCUT2D eigenvalue weighted by Gasteiger charge is 2.19. The van der Waals surface area contributed by atoms with Crippen LogP contribution in [-0.2, 0) is 16.1 Å². The van der Waals surface area contributed by atoms with Gasteiger partial charge >= 0.3 is 11.7 Å². The molecule has 0 saturated heterocycles. The van der Waals surface area contributed by atoms with E-state index in [-0.39, 0.29) is 11.6 Å². The average molecular weight is 344 g/mol. The van der Waals surface area contributed by atoms with Gasteiger partial charge in [0, 0.05) is 25.7 Å². The van der Waals surface area contributed by atoms with Crippen LogP contribution in [0.1, 0.15) is 23.0 Å². The first kappa shape index (κ1) is 18.3. The van der Waals surface area contributed by atoms with Crippen LogP contribution in [0.2, 0.25) is 0 Å². The highest BCUT2D eigenvalue weighted by atomic mass is 16.5. The molecular weight excluding hydrogens is 324 g/mol. The van der Waals surface area contributed by atoms with E-state index in [2.05, 4.69) is 0 Å². The molecule has 1 aromatic heterocycles. The number of carbonyl (C=O) groups excluding carboxylic acids is 2. The van der Waals surface area contributed by atoms with Crippen LogP contribution in [0.25, 0.3) is 0 Å². The van der Waals surface area contributed by atoms with E-state index in [0.717, 1.165) is 11.3 Å². The minimum absolute atomic E-state index is 0.163. The van der Waals surface area contributed by atoms with Crippen LogP contribution in [0.4, 0.5) is 0 Å². The molecular formula is C18H20N2O5. The monoisotopic (exact) mass is 344 g/mol. The van der Waals surface area contributed by atoms with E-state index in [4.69, 9.17) is 9.47 Å². The van der Waals surface area contributed by atoms with Crippen molar-refractivity contribution < 1.29 is 23.8 Å². The summed E-state index contributed by atoms with van der Waals surface area (Å²) in [6, 6.07) is 11.8. The number of ether oxygens (including phenoxy) is 2. The molecule has 1 amide bonds. The smallest absolute Gasteiger partial charge is 0.405 e. The number of rotatable bonds is 7. The van der Waals surface area contributed by atoms with Crippen molar-refractivity contribution in [2.75, 3.05) is 20.3 Å². The van der Waals surface area contributed by atoms with Crippen LogP contribution in [0.15, 0.2) is 48.7 Å². The van der Waals surface area contributed by atoms with Crippen LogP contribution in [-0.4, -0.2) is 37.0 Å². The zero-order valence-corrected chi connectivity index (χ0v) is 14.2. The number of hydrogen-bond acceptors (Lipinski definition) is 5. The lowest BCUT2D eigenvalue weighted by atomic mass is 10.2. The number of aromatic nitrogens is 1. The van der Waals surface area contributed by atoms with Crippen LogP contribution < -0.4 is 9.47 Å². The van der Waals surface area contributed by atoms with E-state index in [0.29, 0.717) is 17.9 Å². The van der Waals surface area contributed by atoms with Crippen molar-refractivity contribution in [2.45, 2.75) is 13.5 Å². The van der Waals surface area contributed by atoms with Gasteiger partial charge in [0.15, 0.2) is 12.8 Å². The third kappa shape index (κ3) is 5.20. The normalized spacial score (nSPS) is 10.2. The number of esters is 1. The Balaban J connectivity index is 1.85. The molecule has 0 radical (unpaired) electrons. The van der Waals surface area contributed by atoms with Gasteiger partial charge in [0.2, 0.25) is 0 Å². The topological polar surface area (TPSA) is 82.8 Å². The van der Waals surface area contributed by atoms with Crippen molar-refractivity contribution in [3.05, 3.63) is 65.1 Å². The molecule has 0 aliphatic carbocycles. The maximum Gasteiger partial charge on any atom is 0.405 e. The third-order valence-corrected chi connectivity index (χ3v) is 3.44. The van der Waals surface area contributed by atoms with Gasteiger partial charge < -0.3 is 19.6 Å². The summed E-state index contributed by atoms with van der Waals surface area (Å²) in [7, 11) is 1.61. The maximum absolute atomic E-state index is 12.1. The van der Waals surface area contributed by atoms with Gasteiger partial charge in [0.25, 0.3) is 5.91 Å². The van der Waals surface area contributed by atoms with Crippen LogP contribution >= 0.6 is 0 Å². The fraction of sp³-hybridized carbons (Fsp3) is 0.278. The number of likely N-dealkylation sites (N-methyl/N-ethyl adjacent to an activating group) is 1. The summed E-state index contributed by atoms with van der Waals surface area (Å²) in [6.07, 6.45) is 1.19. The molecule has 1 aromatic carbocycles. The molecule has 0 unspecified atom stereocenters. The first-order valence-corrected chi connectivity index (χ1v) is 7.82. The highest BCUT2D eigenvalue weighted by molar-refractivity contribution is 5.88. The predicted octanol–water partition coefficient (Wildman–Crippen LogP) is 1.53. The SMILES string of the molecule is CCOc1ccc(CN(C)C(=O)COC(=O)c2cccc[n+]2[O-])cc1. The molecule has 1 heterocycles. The zero-order valence-electron chi connectivity index (χ0n) is 14.2. The van der Waals surface area contributed by atoms with Gasteiger partial charge in [-0.15, -0.1) is 0 Å². The van der Waals surface area contributed by atoms with Crippen LogP contribution in [0, 0.1) is 5.21 Å². The van der Waals surface area contributed by atoms with Gasteiger partial charge in [0.05, 0.1) is 6.61 Å². The van der Waals surface area contributed by atoms with Gasteiger partial charge in [-0.05, 0) is 30.7 Å². The Morgan fingerprint density at radius 1 is 1.16 bits per heavy atom. The Bertz CT molecular complexity index is 731. The lowest BCUT2D eigenvalue weighted by molar-refractivity contribution is -0.608. The second kappa shape index (κ2) is 8.68. The minimum atomic E-state index is -0.835. The van der Waals surface area contributed by atoms with E-state index in [1.54, 1.807) is 13.1 Å². The first-order valence-electron chi connectivity index (χ1n) is 7.82. The van der Waals surface area contributed by atoms with Gasteiger partial charge in [-0.1, -0.05) is 12.1 Å². The van der Waals surface area contributed by atoms with Crippen molar-refractivity contribution in [3.63, 3.8) is 0 Å². The molecule has 132 valence electrons. The van der Waals surface area contributed by atoms with E-state index in [9.17, 15) is 14.8 Å². The minimum Gasteiger partial charge on any atom is -0.618 e. The molecule has 0 saturated carbocycles. The molecule has 7 nitrogen and oxygen atoms in total. The number of hydrogen-bond donors (Lipinski definition) is 0. The molecule has 2 rings (SSSR count). The van der Waals surface area contributed by atoms with Crippen LogP contribution in [0.5, 0.6) is 5.75 Å². The van der Waals surface area contributed by atoms with Crippen molar-refractivity contribution in [1.82, 2.24) is 4.90 Å². The van der Waals surface area contributed by atoms with E-state index >= 15 is 0 Å². The third-order valence-electron chi connectivity index (χ3n) is 3.44. The first-order chi connectivity index (χ1) is 12.0. The van der Waals surface area contributed by atoms with Gasteiger partial charge in [0.1, 0.15) is 5.75 Å². The maximum atomic E-state index is 12.1. The molecule has 0 fully saturated rings. The molecule has 2 aromatic rings. The second-order valence-electron chi connectivity index (χ2n) is 5.31. The number of amides is 1. The average Bonchev–Trinajstić information content (AvgIpc) is 2.61. The van der Waals surface area contributed by atoms with Crippen molar-refractivity contribution in [1.29, 1.82) is 0 Å². The zero-order chi connectivity index (χ0) is 18.2. The quantitative estimate of drug-likeness (QED) is 0.432. The van der Waals surface area contributed by atoms with Crippen molar-refractivity contribution in [3.8, 4) is 5.75 Å². The Morgan fingerprint density at radius 2 is 1.88 bits per heavy atom. The standard InChI is InChI=1S/C18H20N2O5/c1-3-24-15-9-7-14(8-10-15)12-19(2)17(21)13-25-18(22)16-6-4-5-11-20(16)23/h4-11H,3,12-13H2,1-2H3. The Hall–Kier alpha value is -3.09. The van der Waals surface area contributed by atoms with Crippen LogP contribution in [0.3, 0.4) is 0 Å². The summed E-state index contributed by atoms with van der Waals surface area (Å²) in [4.78, 5) is 25.3. The fourth-order valence-corrected chi connectivity index (χ4v) is 2.12. The summed E-state index contributed by atoms with van der Waals surface area (Å²) >= 11 is 0. The molecule has 0 atom stereocenters. The van der Waals surface area contributed by atoms with Gasteiger partial charge in [-0.2, -0.15) is 4.73 Å². The number of nitrogens with zero attached hydrogens (tertiary/aromatic N) is 2. The Kier molecular flexibility index (Phi) is 6.33. The number of benzene rings is 1. The molecule has 25 heavy (non-hydrogen) atoms. The molecule has 0 aliphatic rings. The molecule has 0 spiro atoms. The summed E-state index contributed by atoms with van der Waals surface area (Å²) in [6.45, 7) is 2.44. The van der Waals surface area contributed by atoms with E-state index in [1.807, 2.05) is 31.2 Å². The predicted molar refractivity (Wildman–Crippen MR) is 89.8 cm³/mol. The summed E-state index contributed by atoms with van der Waals surface area (Å²) in [5.41, 5.74) is 0.760. The lowest BCUT2D eigenvalue weighted by Crippen LogP contribution is -2.36. The summed E-state index contributed by atoms with van der Waals surface area (Å²) in [5, 5.41) is 11.5. The van der Waals surface area contributed by atoms with Crippen molar-refractivity contribution in [2.24, 2.45) is 0 Å². The van der Waals surface area contributed by atoms with Gasteiger partial charge in [-0.25, -0.2) is 4.79 Å². The summed E-state index contributed by atoms with van der Waals surface area (Å²) in [5.74, 6) is -0.433. The molecule has 0 bridgehead atoms. The van der Waals surface area contributed by atoms with E-state index in [1.165, 1.54) is 23.2 Å². The Morgan fingerprint density at radius 3 is 2.52 bits per heavy atom. The summed E-state index contributed by atoms with van der Waals surface area (Å²) < 4.78 is 10.7. The molecule has 0 N–H and O–H groups in total. The largest absolute Gasteiger partial charge is 0.618 e. The Labute approximate surface area is 146 Å². The second-order valence-corrected chi connectivity index (χ2v) is 5.31. The fourth-order valence-electron chi connectivity index (χ4n) is 2.12. The molecule has 0 aliphatic heterocycles. The van der Waals surface area contributed by atoms with Crippen molar-refractivity contribution >= 4 is 11.9 Å². The number of carbonyl (C=O) groups is 2. The highest BCUT2D eigenvalue weighted by Crippen LogP contribution is 2.13. The van der Waals surface area contributed by atoms with Gasteiger partial charge in [-0.3, -0.25) is 4.79 Å². The lowest BCUT2D eigenvalue weighted by Gasteiger charge is -2.17. The number of pyridine rings is 1. The van der Waals surface area contributed by atoms with E-state index < -0.39 is 12.6 Å². The molecule has 7 heteroatoms.